The number of methoxy groups -OCH3 is 1. The smallest absolute Gasteiger partial charge is 0.256 e. The van der Waals surface area contributed by atoms with Gasteiger partial charge in [0, 0.05) is 30.8 Å². The first kappa shape index (κ1) is 20.5. The van der Waals surface area contributed by atoms with Crippen molar-refractivity contribution < 1.29 is 9.53 Å². The third-order valence-electron chi connectivity index (χ3n) is 4.52. The molecule has 1 heterocycles. The largest absolute Gasteiger partial charge is 0.396 e. The Morgan fingerprint density at radius 1 is 1.07 bits per heavy atom. The van der Waals surface area contributed by atoms with Crippen LogP contribution in [0, 0.1) is 0 Å². The van der Waals surface area contributed by atoms with Gasteiger partial charge in [-0.2, -0.15) is 0 Å². The Labute approximate surface area is 171 Å². The molecule has 2 aromatic carbocycles. The van der Waals surface area contributed by atoms with Gasteiger partial charge in [0.15, 0.2) is 5.82 Å². The summed E-state index contributed by atoms with van der Waals surface area (Å²) < 4.78 is 5.11. The molecule has 0 saturated heterocycles. The minimum Gasteiger partial charge on any atom is -0.396 e. The summed E-state index contributed by atoms with van der Waals surface area (Å²) in [5.74, 6) is 0.108. The molecule has 0 radical (unpaired) electrons. The monoisotopic (exact) mass is 390 g/mol. The zero-order chi connectivity index (χ0) is 20.6. The van der Waals surface area contributed by atoms with Crippen LogP contribution in [-0.4, -0.2) is 30.6 Å². The average Bonchev–Trinajstić information content (AvgIpc) is 2.75. The zero-order valence-corrected chi connectivity index (χ0v) is 16.7. The molecule has 150 valence electrons. The normalized spacial score (nSPS) is 11.8. The Balaban J connectivity index is 1.67. The maximum absolute atomic E-state index is 12.6. The number of ether oxygens (including phenoxy) is 1. The van der Waals surface area contributed by atoms with Gasteiger partial charge in [0.2, 0.25) is 0 Å². The second-order valence-corrected chi connectivity index (χ2v) is 6.89. The summed E-state index contributed by atoms with van der Waals surface area (Å²) in [6.07, 6.45) is 0. The predicted octanol–water partition coefficient (Wildman–Crippen LogP) is 3.71. The number of benzene rings is 2. The average molecular weight is 390 g/mol. The minimum atomic E-state index is -0.248. The first-order valence-corrected chi connectivity index (χ1v) is 9.51. The number of carbonyl (C=O) groups excluding carboxylic acids is 1. The number of rotatable bonds is 8. The number of anilines is 2. The van der Waals surface area contributed by atoms with E-state index in [2.05, 4.69) is 22.5 Å². The molecule has 1 amide bonds. The van der Waals surface area contributed by atoms with Gasteiger partial charge >= 0.3 is 0 Å². The van der Waals surface area contributed by atoms with Gasteiger partial charge in [-0.25, -0.2) is 4.98 Å². The first-order valence-electron chi connectivity index (χ1n) is 9.51. The van der Waals surface area contributed by atoms with Crippen LogP contribution in [0.4, 0.5) is 11.5 Å². The summed E-state index contributed by atoms with van der Waals surface area (Å²) in [4.78, 5) is 17.2. The highest BCUT2D eigenvalue weighted by Gasteiger charge is 2.11. The number of nitrogen functional groups attached to an aromatic ring is 1. The Kier molecular flexibility index (Phi) is 6.94. The summed E-state index contributed by atoms with van der Waals surface area (Å²) in [7, 11) is 1.68. The predicted molar refractivity (Wildman–Crippen MR) is 117 cm³/mol. The highest BCUT2D eigenvalue weighted by Crippen LogP contribution is 2.23. The van der Waals surface area contributed by atoms with Crippen molar-refractivity contribution in [1.82, 2.24) is 10.3 Å². The number of pyridine rings is 1. The first-order chi connectivity index (χ1) is 14.1. The number of carbonyl (C=O) groups is 1. The molecule has 0 aliphatic carbocycles. The Hall–Kier alpha value is -3.22. The summed E-state index contributed by atoms with van der Waals surface area (Å²) in [5, 5.41) is 6.18. The fraction of sp³-hybridized carbons (Fsp3) is 0.217. The van der Waals surface area contributed by atoms with Crippen molar-refractivity contribution in [2.75, 3.05) is 24.8 Å². The van der Waals surface area contributed by atoms with E-state index >= 15 is 0 Å². The second-order valence-electron chi connectivity index (χ2n) is 6.89. The highest BCUT2D eigenvalue weighted by molar-refractivity contribution is 6.05. The maximum atomic E-state index is 12.6. The van der Waals surface area contributed by atoms with Crippen LogP contribution in [0.3, 0.4) is 0 Å². The Bertz CT molecular complexity index is 943. The van der Waals surface area contributed by atoms with Crippen molar-refractivity contribution in [2.24, 2.45) is 0 Å². The summed E-state index contributed by atoms with van der Waals surface area (Å²) in [6, 6.07) is 21.1. The van der Waals surface area contributed by atoms with E-state index in [0.717, 1.165) is 16.8 Å². The quantitative estimate of drug-likeness (QED) is 0.546. The third-order valence-corrected chi connectivity index (χ3v) is 4.52. The summed E-state index contributed by atoms with van der Waals surface area (Å²) in [6.45, 7) is 3.42. The molecule has 0 aliphatic heterocycles. The Morgan fingerprint density at radius 2 is 1.79 bits per heavy atom. The molecule has 6 nitrogen and oxygen atoms in total. The van der Waals surface area contributed by atoms with Gasteiger partial charge in [-0.05, 0) is 36.8 Å². The molecule has 1 aromatic heterocycles. The number of nitrogens with two attached hydrogens (primary N) is 1. The van der Waals surface area contributed by atoms with E-state index in [1.54, 1.807) is 25.3 Å². The van der Waals surface area contributed by atoms with Crippen molar-refractivity contribution in [3.05, 3.63) is 77.9 Å². The van der Waals surface area contributed by atoms with Crippen LogP contribution in [0.25, 0.3) is 11.3 Å². The zero-order valence-electron chi connectivity index (χ0n) is 16.7. The molecule has 1 atom stereocenters. The molecule has 0 fully saturated rings. The fourth-order valence-electron chi connectivity index (χ4n) is 2.89. The number of nitrogens with one attached hydrogen (secondary N) is 2. The molecular formula is C23H26N4O2. The van der Waals surface area contributed by atoms with Gasteiger partial charge in [0.05, 0.1) is 18.0 Å². The second kappa shape index (κ2) is 9.82. The topological polar surface area (TPSA) is 89.3 Å². The minimum absolute atomic E-state index is 0.248. The molecule has 3 rings (SSSR count). The number of hydrogen-bond donors (Lipinski definition) is 3. The van der Waals surface area contributed by atoms with E-state index in [1.165, 1.54) is 0 Å². The molecule has 0 spiro atoms. The van der Waals surface area contributed by atoms with Crippen LogP contribution in [0.5, 0.6) is 0 Å². The lowest BCUT2D eigenvalue weighted by atomic mass is 10.1. The molecule has 0 saturated carbocycles. The van der Waals surface area contributed by atoms with E-state index < -0.39 is 0 Å². The number of aromatic nitrogens is 1. The SMILES string of the molecule is COCC(C)NCc1ccc(C(=O)Nc2nc(-c3ccccc3)ccc2N)cc1. The lowest BCUT2D eigenvalue weighted by Gasteiger charge is -2.13. The highest BCUT2D eigenvalue weighted by atomic mass is 16.5. The van der Waals surface area contributed by atoms with Crippen molar-refractivity contribution in [3.63, 3.8) is 0 Å². The van der Waals surface area contributed by atoms with E-state index in [-0.39, 0.29) is 11.9 Å². The molecule has 0 bridgehead atoms. The van der Waals surface area contributed by atoms with E-state index in [1.807, 2.05) is 48.5 Å². The summed E-state index contributed by atoms with van der Waals surface area (Å²) in [5.41, 5.74) is 9.79. The molecule has 6 heteroatoms. The molecule has 0 aliphatic rings. The van der Waals surface area contributed by atoms with Gasteiger partial charge in [0.1, 0.15) is 0 Å². The van der Waals surface area contributed by atoms with Gasteiger partial charge in [0.25, 0.3) is 5.91 Å². The number of amides is 1. The summed E-state index contributed by atoms with van der Waals surface area (Å²) >= 11 is 0. The maximum Gasteiger partial charge on any atom is 0.256 e. The molecule has 1 unspecified atom stereocenters. The van der Waals surface area contributed by atoms with Crippen molar-refractivity contribution in [1.29, 1.82) is 0 Å². The van der Waals surface area contributed by atoms with Gasteiger partial charge in [-0.3, -0.25) is 4.79 Å². The standard InChI is InChI=1S/C23H26N4O2/c1-16(15-29-2)25-14-17-8-10-19(11-9-17)23(28)27-22-20(24)12-13-21(26-22)18-6-4-3-5-7-18/h3-13,16,25H,14-15,24H2,1-2H3,(H,26,27,28). The molecule has 3 aromatic rings. The van der Waals surface area contributed by atoms with Crippen molar-refractivity contribution >= 4 is 17.4 Å². The molecule has 29 heavy (non-hydrogen) atoms. The van der Waals surface area contributed by atoms with Gasteiger partial charge in [-0.1, -0.05) is 42.5 Å². The van der Waals surface area contributed by atoms with E-state index in [4.69, 9.17) is 10.5 Å². The van der Waals surface area contributed by atoms with Crippen LogP contribution in [0.15, 0.2) is 66.7 Å². The van der Waals surface area contributed by atoms with Crippen LogP contribution in [-0.2, 0) is 11.3 Å². The molecule has 4 N–H and O–H groups in total. The van der Waals surface area contributed by atoms with Gasteiger partial charge < -0.3 is 21.1 Å². The van der Waals surface area contributed by atoms with Gasteiger partial charge in [-0.15, -0.1) is 0 Å². The van der Waals surface area contributed by atoms with E-state index in [0.29, 0.717) is 30.2 Å². The Morgan fingerprint density at radius 3 is 2.48 bits per heavy atom. The third kappa shape index (κ3) is 5.63. The molecular weight excluding hydrogens is 364 g/mol. The number of nitrogens with zero attached hydrogens (tertiary/aromatic N) is 1. The van der Waals surface area contributed by atoms with Crippen molar-refractivity contribution in [3.8, 4) is 11.3 Å². The lowest BCUT2D eigenvalue weighted by Crippen LogP contribution is -2.29. The van der Waals surface area contributed by atoms with Crippen molar-refractivity contribution in [2.45, 2.75) is 19.5 Å². The van der Waals surface area contributed by atoms with Crippen LogP contribution < -0.4 is 16.4 Å². The van der Waals surface area contributed by atoms with Crippen LogP contribution in [0.1, 0.15) is 22.8 Å². The fourth-order valence-corrected chi connectivity index (χ4v) is 2.89. The van der Waals surface area contributed by atoms with E-state index in [9.17, 15) is 4.79 Å². The van der Waals surface area contributed by atoms with Crippen LogP contribution >= 0.6 is 0 Å². The van der Waals surface area contributed by atoms with Crippen LogP contribution in [0.2, 0.25) is 0 Å². The number of hydrogen-bond acceptors (Lipinski definition) is 5. The lowest BCUT2D eigenvalue weighted by molar-refractivity contribution is 0.102.